The Kier molecular flexibility index (Phi) is 5.17. The molecule has 5 nitrogen and oxygen atoms in total. The molecule has 2 atom stereocenters. The van der Waals surface area contributed by atoms with E-state index in [1.165, 1.54) is 18.9 Å². The van der Waals surface area contributed by atoms with Gasteiger partial charge in [-0.25, -0.2) is 0 Å². The second-order valence-electron chi connectivity index (χ2n) is 5.79. The Morgan fingerprint density at radius 1 is 1.43 bits per heavy atom. The van der Waals surface area contributed by atoms with Gasteiger partial charge in [0.25, 0.3) is 5.69 Å². The zero-order chi connectivity index (χ0) is 15.4. The van der Waals surface area contributed by atoms with Crippen LogP contribution in [0.4, 0.5) is 11.4 Å². The zero-order valence-electron chi connectivity index (χ0n) is 12.8. The van der Waals surface area contributed by atoms with Crippen molar-refractivity contribution in [2.75, 3.05) is 11.4 Å². The standard InChI is InChI=1S/C16H24N2O3/c1-3-14-7-5-4-6-10-17(14)15-9-8-13(12(2)19)11-16(15)18(20)21/h8-9,11-12,14,19H,3-7,10H2,1-2H3/t12-,14?/m0/s1. The van der Waals surface area contributed by atoms with Gasteiger partial charge in [0, 0.05) is 18.7 Å². The number of hydrogen-bond donors (Lipinski definition) is 1. The average Bonchev–Trinajstić information content (AvgIpc) is 2.71. The number of nitro groups is 1. The molecule has 0 spiro atoms. The number of anilines is 1. The minimum Gasteiger partial charge on any atom is -0.389 e. The molecule has 1 aromatic carbocycles. The van der Waals surface area contributed by atoms with Crippen LogP contribution in [0.2, 0.25) is 0 Å². The molecule has 116 valence electrons. The fourth-order valence-corrected chi connectivity index (χ4v) is 3.11. The highest BCUT2D eigenvalue weighted by atomic mass is 16.6. The van der Waals surface area contributed by atoms with Gasteiger partial charge in [-0.3, -0.25) is 10.1 Å². The fraction of sp³-hybridized carbons (Fsp3) is 0.625. The smallest absolute Gasteiger partial charge is 0.292 e. The lowest BCUT2D eigenvalue weighted by molar-refractivity contribution is -0.384. The van der Waals surface area contributed by atoms with Crippen molar-refractivity contribution in [2.45, 2.75) is 58.1 Å². The summed E-state index contributed by atoms with van der Waals surface area (Å²) in [7, 11) is 0. The van der Waals surface area contributed by atoms with E-state index in [1.54, 1.807) is 19.1 Å². The maximum Gasteiger partial charge on any atom is 0.292 e. The largest absolute Gasteiger partial charge is 0.389 e. The van der Waals surface area contributed by atoms with Crippen molar-refractivity contribution >= 4 is 11.4 Å². The van der Waals surface area contributed by atoms with Gasteiger partial charge in [0.1, 0.15) is 5.69 Å². The summed E-state index contributed by atoms with van der Waals surface area (Å²) in [5.41, 5.74) is 1.39. The van der Waals surface area contributed by atoms with E-state index in [0.717, 1.165) is 25.8 Å². The first-order valence-electron chi connectivity index (χ1n) is 7.77. The van der Waals surface area contributed by atoms with Gasteiger partial charge in [0.2, 0.25) is 0 Å². The summed E-state index contributed by atoms with van der Waals surface area (Å²) < 4.78 is 0. The van der Waals surface area contributed by atoms with Crippen LogP contribution in [0.25, 0.3) is 0 Å². The van der Waals surface area contributed by atoms with Gasteiger partial charge in [-0.1, -0.05) is 25.8 Å². The molecule has 0 saturated carbocycles. The zero-order valence-corrected chi connectivity index (χ0v) is 12.8. The monoisotopic (exact) mass is 292 g/mol. The van der Waals surface area contributed by atoms with Crippen molar-refractivity contribution < 1.29 is 10.0 Å². The summed E-state index contributed by atoms with van der Waals surface area (Å²) in [6.45, 7) is 4.63. The number of nitrogens with zero attached hydrogens (tertiary/aromatic N) is 2. The summed E-state index contributed by atoms with van der Waals surface area (Å²) in [6.07, 6.45) is 4.84. The molecule has 0 radical (unpaired) electrons. The Morgan fingerprint density at radius 3 is 2.81 bits per heavy atom. The molecular formula is C16H24N2O3. The molecule has 1 unspecified atom stereocenters. The molecular weight excluding hydrogens is 268 g/mol. The molecule has 21 heavy (non-hydrogen) atoms. The third-order valence-corrected chi connectivity index (χ3v) is 4.34. The van der Waals surface area contributed by atoms with Crippen LogP contribution >= 0.6 is 0 Å². The Bertz CT molecular complexity index is 502. The van der Waals surface area contributed by atoms with Crippen LogP contribution in [0.3, 0.4) is 0 Å². The van der Waals surface area contributed by atoms with Crippen molar-refractivity contribution in [2.24, 2.45) is 0 Å². The van der Waals surface area contributed by atoms with Crippen LogP contribution in [0.1, 0.15) is 57.6 Å². The van der Waals surface area contributed by atoms with Crippen molar-refractivity contribution in [1.82, 2.24) is 0 Å². The Balaban J connectivity index is 2.42. The van der Waals surface area contributed by atoms with Crippen LogP contribution in [-0.2, 0) is 0 Å². The van der Waals surface area contributed by atoms with Crippen molar-refractivity contribution in [3.63, 3.8) is 0 Å². The predicted molar refractivity (Wildman–Crippen MR) is 83.6 cm³/mol. The highest BCUT2D eigenvalue weighted by molar-refractivity contribution is 5.65. The molecule has 1 aliphatic heterocycles. The first-order valence-corrected chi connectivity index (χ1v) is 7.77. The van der Waals surface area contributed by atoms with Gasteiger partial charge in [-0.05, 0) is 37.8 Å². The second-order valence-corrected chi connectivity index (χ2v) is 5.79. The molecule has 1 N–H and O–H groups in total. The molecule has 1 aliphatic rings. The Morgan fingerprint density at radius 2 is 2.19 bits per heavy atom. The lowest BCUT2D eigenvalue weighted by atomic mass is 10.0. The highest BCUT2D eigenvalue weighted by Gasteiger charge is 2.26. The van der Waals surface area contributed by atoms with Gasteiger partial charge in [0.05, 0.1) is 11.0 Å². The van der Waals surface area contributed by atoms with E-state index < -0.39 is 6.10 Å². The van der Waals surface area contributed by atoms with Crippen molar-refractivity contribution in [3.8, 4) is 0 Å². The van der Waals surface area contributed by atoms with Crippen LogP contribution in [0.5, 0.6) is 0 Å². The summed E-state index contributed by atoms with van der Waals surface area (Å²) in [6, 6.07) is 5.47. The molecule has 0 aliphatic carbocycles. The highest BCUT2D eigenvalue weighted by Crippen LogP contribution is 2.35. The molecule has 1 fully saturated rings. The van der Waals surface area contributed by atoms with E-state index in [0.29, 0.717) is 17.3 Å². The minimum atomic E-state index is -0.691. The number of benzene rings is 1. The van der Waals surface area contributed by atoms with Gasteiger partial charge in [0.15, 0.2) is 0 Å². The average molecular weight is 292 g/mol. The van der Waals surface area contributed by atoms with Crippen LogP contribution in [-0.4, -0.2) is 22.6 Å². The maximum atomic E-state index is 11.4. The van der Waals surface area contributed by atoms with Crippen molar-refractivity contribution in [1.29, 1.82) is 0 Å². The first-order chi connectivity index (χ1) is 10.0. The fourth-order valence-electron chi connectivity index (χ4n) is 3.11. The summed E-state index contributed by atoms with van der Waals surface area (Å²) in [4.78, 5) is 13.3. The van der Waals surface area contributed by atoms with E-state index >= 15 is 0 Å². The van der Waals surface area contributed by atoms with Crippen LogP contribution in [0, 0.1) is 10.1 Å². The maximum absolute atomic E-state index is 11.4. The van der Waals surface area contributed by atoms with E-state index in [2.05, 4.69) is 11.8 Å². The van der Waals surface area contributed by atoms with Gasteiger partial charge < -0.3 is 10.0 Å². The lowest BCUT2D eigenvalue weighted by Crippen LogP contribution is -2.34. The Labute approximate surface area is 125 Å². The summed E-state index contributed by atoms with van der Waals surface area (Å²) >= 11 is 0. The van der Waals surface area contributed by atoms with Crippen LogP contribution < -0.4 is 4.90 Å². The molecule has 1 heterocycles. The third-order valence-electron chi connectivity index (χ3n) is 4.34. The SMILES string of the molecule is CCC1CCCCCN1c1ccc([C@H](C)O)cc1[N+](=O)[O-]. The number of hydrogen-bond acceptors (Lipinski definition) is 4. The summed E-state index contributed by atoms with van der Waals surface area (Å²) in [5, 5.41) is 21.1. The normalized spacial score (nSPS) is 20.9. The number of nitro benzene ring substituents is 1. The van der Waals surface area contributed by atoms with Crippen molar-refractivity contribution in [3.05, 3.63) is 33.9 Å². The molecule has 0 aromatic heterocycles. The molecule has 0 amide bonds. The van der Waals surface area contributed by atoms with Crippen LogP contribution in [0.15, 0.2) is 18.2 Å². The molecule has 5 heteroatoms. The van der Waals surface area contributed by atoms with E-state index in [4.69, 9.17) is 0 Å². The molecule has 0 bridgehead atoms. The van der Waals surface area contributed by atoms with E-state index in [1.807, 2.05) is 0 Å². The van der Waals surface area contributed by atoms with E-state index in [9.17, 15) is 15.2 Å². The quantitative estimate of drug-likeness (QED) is 0.677. The number of rotatable bonds is 4. The topological polar surface area (TPSA) is 66.6 Å². The van der Waals surface area contributed by atoms with E-state index in [-0.39, 0.29) is 10.6 Å². The van der Waals surface area contributed by atoms with Gasteiger partial charge in [-0.2, -0.15) is 0 Å². The predicted octanol–water partition coefficient (Wildman–Crippen LogP) is 3.81. The first kappa shape index (κ1) is 15.8. The molecule has 2 rings (SSSR count). The third kappa shape index (κ3) is 3.53. The second kappa shape index (κ2) is 6.89. The number of aliphatic hydroxyl groups is 1. The minimum absolute atomic E-state index is 0.105. The lowest BCUT2D eigenvalue weighted by Gasteiger charge is -2.31. The molecule has 1 saturated heterocycles. The van der Waals surface area contributed by atoms with Gasteiger partial charge in [-0.15, -0.1) is 0 Å². The summed E-state index contributed by atoms with van der Waals surface area (Å²) in [5.74, 6) is 0. The Hall–Kier alpha value is -1.62. The number of aliphatic hydroxyl groups excluding tert-OH is 1. The van der Waals surface area contributed by atoms with Gasteiger partial charge >= 0.3 is 0 Å². The molecule has 1 aromatic rings.